The molecule has 0 saturated heterocycles. The molecule has 0 aromatic heterocycles. The molecule has 0 radical (unpaired) electrons. The van der Waals surface area contributed by atoms with E-state index in [1.54, 1.807) is 19.1 Å². The lowest BCUT2D eigenvalue weighted by atomic mass is 10.2. The number of nitrogens with zero attached hydrogens (tertiary/aromatic N) is 3. The molecule has 6 heteroatoms. The van der Waals surface area contributed by atoms with Gasteiger partial charge in [0.05, 0.1) is 11.4 Å². The number of phenols is 1. The Bertz CT molecular complexity index is 464. The van der Waals surface area contributed by atoms with Gasteiger partial charge in [-0.25, -0.2) is 5.43 Å². The number of phenolic OH excluding ortho intramolecular Hbond substituents is 1. The van der Waals surface area contributed by atoms with Gasteiger partial charge in [-0.05, 0) is 31.2 Å². The van der Waals surface area contributed by atoms with E-state index >= 15 is 0 Å². The Kier molecular flexibility index (Phi) is 2.63. The van der Waals surface area contributed by atoms with Crippen LogP contribution in [-0.4, -0.2) is 22.8 Å². The van der Waals surface area contributed by atoms with E-state index in [0.717, 1.165) is 0 Å². The summed E-state index contributed by atoms with van der Waals surface area (Å²) >= 11 is 0. The van der Waals surface area contributed by atoms with Crippen LogP contribution in [0, 0.1) is 0 Å². The number of nitrogens with one attached hydrogen (secondary N) is 1. The van der Waals surface area contributed by atoms with Gasteiger partial charge in [0.2, 0.25) is 0 Å². The lowest BCUT2D eigenvalue weighted by molar-refractivity contribution is -0.120. The topological polar surface area (TPSA) is 86.4 Å². The number of azo groups is 1. The summed E-state index contributed by atoms with van der Waals surface area (Å²) in [6, 6.07) is 5.58. The van der Waals surface area contributed by atoms with Crippen molar-refractivity contribution in [1.82, 2.24) is 5.43 Å². The number of carbonyl (C=O) groups is 1. The molecule has 1 aromatic rings. The van der Waals surface area contributed by atoms with E-state index < -0.39 is 6.04 Å². The van der Waals surface area contributed by atoms with Gasteiger partial charge >= 0.3 is 0 Å². The third-order valence-corrected chi connectivity index (χ3v) is 2.12. The third kappa shape index (κ3) is 2.05. The molecular weight excluding hydrogens is 208 g/mol. The molecule has 0 fully saturated rings. The maximum absolute atomic E-state index is 11.2. The van der Waals surface area contributed by atoms with Crippen molar-refractivity contribution >= 4 is 17.3 Å². The molecule has 0 saturated carbocycles. The normalized spacial score (nSPS) is 19.9. The number of rotatable bonds is 2. The Balaban J connectivity index is 2.12. The van der Waals surface area contributed by atoms with Crippen molar-refractivity contribution in [3.05, 3.63) is 24.3 Å². The predicted octanol–water partition coefficient (Wildman–Crippen LogP) is 1.35. The van der Waals surface area contributed by atoms with Crippen molar-refractivity contribution < 1.29 is 9.90 Å². The second-order valence-electron chi connectivity index (χ2n) is 3.36. The molecule has 2 N–H and O–H groups in total. The van der Waals surface area contributed by atoms with Crippen molar-refractivity contribution in [2.45, 2.75) is 13.0 Å². The molecule has 1 amide bonds. The summed E-state index contributed by atoms with van der Waals surface area (Å²) in [6.07, 6.45) is 0. The minimum atomic E-state index is -0.645. The van der Waals surface area contributed by atoms with E-state index in [-0.39, 0.29) is 11.7 Å². The minimum absolute atomic E-state index is 0.162. The number of benzene rings is 1. The second kappa shape index (κ2) is 4.09. The highest BCUT2D eigenvalue weighted by atomic mass is 16.3. The van der Waals surface area contributed by atoms with Gasteiger partial charge in [0.25, 0.3) is 5.91 Å². The molecule has 2 rings (SSSR count). The zero-order chi connectivity index (χ0) is 11.5. The molecule has 1 aromatic carbocycles. The highest BCUT2D eigenvalue weighted by Gasteiger charge is 2.26. The van der Waals surface area contributed by atoms with Crippen molar-refractivity contribution in [3.63, 3.8) is 0 Å². The van der Waals surface area contributed by atoms with Crippen LogP contribution in [0.15, 0.2) is 39.6 Å². The van der Waals surface area contributed by atoms with Crippen LogP contribution in [0.1, 0.15) is 6.92 Å². The number of aromatic hydroxyl groups is 1. The van der Waals surface area contributed by atoms with Crippen molar-refractivity contribution in [3.8, 4) is 5.75 Å². The molecule has 6 nitrogen and oxygen atoms in total. The quantitative estimate of drug-likeness (QED) is 0.734. The largest absolute Gasteiger partial charge is 0.508 e. The fraction of sp³-hybridized carbons (Fsp3) is 0.200. The summed E-state index contributed by atoms with van der Waals surface area (Å²) in [5.41, 5.74) is 3.48. The molecular formula is C10H10N4O2. The van der Waals surface area contributed by atoms with E-state index in [9.17, 15) is 4.79 Å². The molecule has 0 aliphatic carbocycles. The SMILES string of the molecule is CC1=NNC(=O)C1N=Nc1ccc(O)cc1. The first-order chi connectivity index (χ1) is 7.66. The van der Waals surface area contributed by atoms with Crippen LogP contribution in [0.2, 0.25) is 0 Å². The summed E-state index contributed by atoms with van der Waals surface area (Å²) in [4.78, 5) is 11.2. The van der Waals surface area contributed by atoms with Crippen LogP contribution in [-0.2, 0) is 4.79 Å². The monoisotopic (exact) mass is 218 g/mol. The predicted molar refractivity (Wildman–Crippen MR) is 57.7 cm³/mol. The fourth-order valence-corrected chi connectivity index (χ4v) is 1.23. The maximum Gasteiger partial charge on any atom is 0.272 e. The summed E-state index contributed by atoms with van der Waals surface area (Å²) < 4.78 is 0. The van der Waals surface area contributed by atoms with Gasteiger partial charge in [0.1, 0.15) is 5.75 Å². The fourth-order valence-electron chi connectivity index (χ4n) is 1.23. The van der Waals surface area contributed by atoms with Crippen LogP contribution in [0.5, 0.6) is 5.75 Å². The first kappa shape index (κ1) is 10.3. The van der Waals surface area contributed by atoms with Crippen LogP contribution < -0.4 is 5.43 Å². The van der Waals surface area contributed by atoms with E-state index in [1.165, 1.54) is 12.1 Å². The first-order valence-corrected chi connectivity index (χ1v) is 4.71. The number of amides is 1. The standard InChI is InChI=1S/C10H10N4O2/c1-6-9(10(16)14-11-6)13-12-7-2-4-8(15)5-3-7/h2-5,9,15H,1H3,(H,14,16). The number of hydrogen-bond donors (Lipinski definition) is 2. The zero-order valence-corrected chi connectivity index (χ0v) is 8.58. The van der Waals surface area contributed by atoms with Crippen LogP contribution >= 0.6 is 0 Å². The number of hydrogen-bond acceptors (Lipinski definition) is 5. The number of hydrazone groups is 1. The van der Waals surface area contributed by atoms with E-state index in [4.69, 9.17) is 5.11 Å². The van der Waals surface area contributed by atoms with Crippen molar-refractivity contribution in [2.24, 2.45) is 15.3 Å². The molecule has 16 heavy (non-hydrogen) atoms. The van der Waals surface area contributed by atoms with Gasteiger partial charge in [-0.3, -0.25) is 4.79 Å². The summed E-state index contributed by atoms with van der Waals surface area (Å²) in [6.45, 7) is 1.71. The van der Waals surface area contributed by atoms with Gasteiger partial charge in [-0.2, -0.15) is 15.3 Å². The summed E-state index contributed by atoms with van der Waals surface area (Å²) in [5.74, 6) is -0.115. The highest BCUT2D eigenvalue weighted by Crippen LogP contribution is 2.17. The molecule has 1 aliphatic rings. The van der Waals surface area contributed by atoms with Crippen LogP contribution in [0.4, 0.5) is 5.69 Å². The molecule has 1 atom stereocenters. The summed E-state index contributed by atoms with van der Waals surface area (Å²) in [7, 11) is 0. The average molecular weight is 218 g/mol. The Morgan fingerprint density at radius 3 is 2.62 bits per heavy atom. The Labute approximate surface area is 91.7 Å². The van der Waals surface area contributed by atoms with Gasteiger partial charge in [-0.15, -0.1) is 0 Å². The van der Waals surface area contributed by atoms with Gasteiger partial charge in [0.15, 0.2) is 6.04 Å². The third-order valence-electron chi connectivity index (χ3n) is 2.12. The lowest BCUT2D eigenvalue weighted by Crippen LogP contribution is -2.25. The molecule has 1 unspecified atom stereocenters. The molecule has 1 aliphatic heterocycles. The molecule has 0 spiro atoms. The van der Waals surface area contributed by atoms with Crippen molar-refractivity contribution in [1.29, 1.82) is 0 Å². The van der Waals surface area contributed by atoms with Crippen LogP contribution in [0.3, 0.4) is 0 Å². The maximum atomic E-state index is 11.2. The summed E-state index contributed by atoms with van der Waals surface area (Å²) in [5, 5.41) is 20.6. The minimum Gasteiger partial charge on any atom is -0.508 e. The van der Waals surface area contributed by atoms with E-state index in [2.05, 4.69) is 20.8 Å². The van der Waals surface area contributed by atoms with Crippen LogP contribution in [0.25, 0.3) is 0 Å². The Morgan fingerprint density at radius 1 is 1.38 bits per heavy atom. The first-order valence-electron chi connectivity index (χ1n) is 4.71. The lowest BCUT2D eigenvalue weighted by Gasteiger charge is -1.98. The zero-order valence-electron chi connectivity index (χ0n) is 8.58. The number of carbonyl (C=O) groups excluding carboxylic acids is 1. The Morgan fingerprint density at radius 2 is 2.06 bits per heavy atom. The highest BCUT2D eigenvalue weighted by molar-refractivity contribution is 6.10. The molecule has 0 bridgehead atoms. The second-order valence-corrected chi connectivity index (χ2v) is 3.36. The van der Waals surface area contributed by atoms with Gasteiger partial charge < -0.3 is 5.11 Å². The van der Waals surface area contributed by atoms with E-state index in [1.807, 2.05) is 0 Å². The molecule has 1 heterocycles. The average Bonchev–Trinajstić information content (AvgIpc) is 2.59. The van der Waals surface area contributed by atoms with E-state index in [0.29, 0.717) is 11.4 Å². The Hall–Kier alpha value is -2.24. The van der Waals surface area contributed by atoms with Gasteiger partial charge in [0, 0.05) is 0 Å². The molecule has 82 valence electrons. The smallest absolute Gasteiger partial charge is 0.272 e. The van der Waals surface area contributed by atoms with Gasteiger partial charge in [-0.1, -0.05) is 0 Å². The van der Waals surface area contributed by atoms with Crippen molar-refractivity contribution in [2.75, 3.05) is 0 Å².